The average Bonchev–Trinajstić information content (AvgIpc) is 3.38. The molecule has 0 spiro atoms. The third-order valence-corrected chi connectivity index (χ3v) is 8.14. The van der Waals surface area contributed by atoms with Crippen LogP contribution in [0.5, 0.6) is 0 Å². The molecule has 2 heterocycles. The van der Waals surface area contributed by atoms with E-state index in [9.17, 15) is 18.0 Å². The van der Waals surface area contributed by atoms with Crippen molar-refractivity contribution in [2.45, 2.75) is 44.0 Å². The molecule has 1 saturated heterocycles. The van der Waals surface area contributed by atoms with Crippen LogP contribution in [0.15, 0.2) is 65.8 Å². The molecular formula is C25H29N5O4S. The third-order valence-electron chi connectivity index (χ3n) is 6.13. The molecule has 2 N–H and O–H groups in total. The summed E-state index contributed by atoms with van der Waals surface area (Å²) in [5, 5.41) is 9.48. The molecular weight excluding hydrogens is 466 g/mol. The maximum Gasteiger partial charge on any atom is 0.252 e. The van der Waals surface area contributed by atoms with Crippen LogP contribution < -0.4 is 10.6 Å². The number of nitrogens with one attached hydrogen (secondary N) is 2. The van der Waals surface area contributed by atoms with Gasteiger partial charge in [0, 0.05) is 36.2 Å². The standard InChI is InChI=1S/C25H29N5O4S/c1-18-7-12-22(35(33,34)30-15-4-3-6-19(30)2)16-23(18)25(32)26-17-24(31)28-20-8-10-21(11-9-20)29-14-5-13-27-29/h5,7-14,16,19H,3-4,6,15,17H2,1-2H3,(H,26,32)(H,28,31). The molecule has 1 aliphatic rings. The van der Waals surface area contributed by atoms with Gasteiger partial charge in [0.25, 0.3) is 5.91 Å². The zero-order valence-corrected chi connectivity index (χ0v) is 20.6. The van der Waals surface area contributed by atoms with Crippen molar-refractivity contribution >= 4 is 27.5 Å². The van der Waals surface area contributed by atoms with Gasteiger partial charge in [-0.05, 0) is 74.7 Å². The van der Waals surface area contributed by atoms with Gasteiger partial charge in [-0.25, -0.2) is 13.1 Å². The number of anilines is 1. The Hall–Kier alpha value is -3.50. The molecule has 1 unspecified atom stereocenters. The van der Waals surface area contributed by atoms with Crippen LogP contribution in [0.2, 0.25) is 0 Å². The van der Waals surface area contributed by atoms with E-state index in [1.165, 1.54) is 16.4 Å². The highest BCUT2D eigenvalue weighted by Crippen LogP contribution is 2.26. The summed E-state index contributed by atoms with van der Waals surface area (Å²) >= 11 is 0. The van der Waals surface area contributed by atoms with E-state index in [2.05, 4.69) is 15.7 Å². The Bertz CT molecular complexity index is 1300. The molecule has 0 bridgehead atoms. The summed E-state index contributed by atoms with van der Waals surface area (Å²) in [6.45, 7) is 3.86. The Morgan fingerprint density at radius 3 is 2.57 bits per heavy atom. The quantitative estimate of drug-likeness (QED) is 0.523. The first-order valence-electron chi connectivity index (χ1n) is 11.6. The number of amides is 2. The maximum atomic E-state index is 13.2. The van der Waals surface area contributed by atoms with Crippen LogP contribution in [0.25, 0.3) is 5.69 Å². The minimum absolute atomic E-state index is 0.0790. The number of nitrogens with zero attached hydrogens (tertiary/aromatic N) is 3. The Labute approximate surface area is 205 Å². The van der Waals surface area contributed by atoms with Crippen LogP contribution >= 0.6 is 0 Å². The second-order valence-corrected chi connectivity index (χ2v) is 10.6. The van der Waals surface area contributed by atoms with Crippen LogP contribution in [0.4, 0.5) is 5.69 Å². The summed E-state index contributed by atoms with van der Waals surface area (Å²) in [6.07, 6.45) is 6.15. The fourth-order valence-corrected chi connectivity index (χ4v) is 5.88. The Kier molecular flexibility index (Phi) is 7.32. The topological polar surface area (TPSA) is 113 Å². The highest BCUT2D eigenvalue weighted by molar-refractivity contribution is 7.89. The number of carbonyl (C=O) groups excluding carboxylic acids is 2. The van der Waals surface area contributed by atoms with Crippen molar-refractivity contribution < 1.29 is 18.0 Å². The van der Waals surface area contributed by atoms with Crippen LogP contribution in [0.1, 0.15) is 42.1 Å². The molecule has 1 fully saturated rings. The van der Waals surface area contributed by atoms with Gasteiger partial charge in [0.05, 0.1) is 17.1 Å². The van der Waals surface area contributed by atoms with Gasteiger partial charge in [-0.15, -0.1) is 0 Å². The fourth-order valence-electron chi connectivity index (χ4n) is 4.15. The molecule has 3 aromatic rings. The molecule has 35 heavy (non-hydrogen) atoms. The summed E-state index contributed by atoms with van der Waals surface area (Å²) in [5.74, 6) is -0.899. The molecule has 2 amide bonds. The molecule has 1 aliphatic heterocycles. The molecule has 4 rings (SSSR count). The molecule has 184 valence electrons. The monoisotopic (exact) mass is 495 g/mol. The lowest BCUT2D eigenvalue weighted by Gasteiger charge is -2.32. The van der Waals surface area contributed by atoms with Crippen molar-refractivity contribution in [1.29, 1.82) is 0 Å². The lowest BCUT2D eigenvalue weighted by atomic mass is 10.1. The maximum absolute atomic E-state index is 13.2. The van der Waals surface area contributed by atoms with Gasteiger partial charge in [-0.3, -0.25) is 9.59 Å². The summed E-state index contributed by atoms with van der Waals surface area (Å²) in [6, 6.07) is 13.4. The van der Waals surface area contributed by atoms with E-state index < -0.39 is 21.8 Å². The molecule has 0 aliphatic carbocycles. The number of hydrogen-bond acceptors (Lipinski definition) is 5. The van der Waals surface area contributed by atoms with Gasteiger partial charge in [-0.1, -0.05) is 12.5 Å². The van der Waals surface area contributed by atoms with Gasteiger partial charge >= 0.3 is 0 Å². The number of benzene rings is 2. The molecule has 2 aromatic carbocycles. The van der Waals surface area contributed by atoms with E-state index in [-0.39, 0.29) is 23.0 Å². The van der Waals surface area contributed by atoms with E-state index in [1.54, 1.807) is 36.0 Å². The number of sulfonamides is 1. The first kappa shape index (κ1) is 24.6. The lowest BCUT2D eigenvalue weighted by molar-refractivity contribution is -0.115. The summed E-state index contributed by atoms with van der Waals surface area (Å²) in [5.41, 5.74) is 2.29. The first-order valence-corrected chi connectivity index (χ1v) is 13.0. The zero-order valence-electron chi connectivity index (χ0n) is 19.8. The molecule has 0 saturated carbocycles. The first-order chi connectivity index (χ1) is 16.8. The summed E-state index contributed by atoms with van der Waals surface area (Å²) in [4.78, 5) is 25.3. The van der Waals surface area contributed by atoms with Crippen LogP contribution in [0.3, 0.4) is 0 Å². The lowest BCUT2D eigenvalue weighted by Crippen LogP contribution is -2.42. The van der Waals surface area contributed by atoms with Crippen LogP contribution in [-0.2, 0) is 14.8 Å². The fraction of sp³-hybridized carbons (Fsp3) is 0.320. The van der Waals surface area contributed by atoms with Crippen molar-refractivity contribution in [2.75, 3.05) is 18.4 Å². The third kappa shape index (κ3) is 5.60. The van der Waals surface area contributed by atoms with Gasteiger partial charge < -0.3 is 10.6 Å². The number of hydrogen-bond donors (Lipinski definition) is 2. The number of rotatable bonds is 7. The van der Waals surface area contributed by atoms with E-state index >= 15 is 0 Å². The van der Waals surface area contributed by atoms with E-state index in [1.807, 2.05) is 31.3 Å². The van der Waals surface area contributed by atoms with Crippen LogP contribution in [0, 0.1) is 6.92 Å². The Balaban J connectivity index is 1.39. The largest absolute Gasteiger partial charge is 0.343 e. The summed E-state index contributed by atoms with van der Waals surface area (Å²) < 4.78 is 29.6. The van der Waals surface area contributed by atoms with E-state index in [0.29, 0.717) is 17.8 Å². The van der Waals surface area contributed by atoms with Crippen molar-refractivity contribution in [3.8, 4) is 5.69 Å². The van der Waals surface area contributed by atoms with Crippen molar-refractivity contribution in [3.63, 3.8) is 0 Å². The normalized spacial score (nSPS) is 16.6. The van der Waals surface area contributed by atoms with Crippen molar-refractivity contribution in [2.24, 2.45) is 0 Å². The highest BCUT2D eigenvalue weighted by Gasteiger charge is 2.31. The van der Waals surface area contributed by atoms with Crippen LogP contribution in [-0.4, -0.2) is 53.4 Å². The Morgan fingerprint density at radius 2 is 1.89 bits per heavy atom. The Morgan fingerprint density at radius 1 is 1.11 bits per heavy atom. The second kappa shape index (κ2) is 10.4. The highest BCUT2D eigenvalue weighted by atomic mass is 32.2. The van der Waals surface area contributed by atoms with Gasteiger partial charge in [0.1, 0.15) is 0 Å². The number of piperidine rings is 1. The van der Waals surface area contributed by atoms with Gasteiger partial charge in [0.15, 0.2) is 0 Å². The molecule has 10 heteroatoms. The van der Waals surface area contributed by atoms with Crippen molar-refractivity contribution in [3.05, 3.63) is 72.1 Å². The van der Waals surface area contributed by atoms with Gasteiger partial charge in [0.2, 0.25) is 15.9 Å². The number of aryl methyl sites for hydroxylation is 1. The van der Waals surface area contributed by atoms with E-state index in [4.69, 9.17) is 0 Å². The molecule has 0 radical (unpaired) electrons. The number of carbonyl (C=O) groups is 2. The average molecular weight is 496 g/mol. The number of aromatic nitrogens is 2. The molecule has 9 nitrogen and oxygen atoms in total. The predicted octanol–water partition coefficient (Wildman–Crippen LogP) is 3.11. The SMILES string of the molecule is Cc1ccc(S(=O)(=O)N2CCCCC2C)cc1C(=O)NCC(=O)Nc1ccc(-n2cccn2)cc1. The predicted molar refractivity (Wildman–Crippen MR) is 133 cm³/mol. The van der Waals surface area contributed by atoms with E-state index in [0.717, 1.165) is 24.9 Å². The summed E-state index contributed by atoms with van der Waals surface area (Å²) in [7, 11) is -3.71. The molecule has 1 aromatic heterocycles. The minimum atomic E-state index is -3.71. The smallest absolute Gasteiger partial charge is 0.252 e. The molecule has 1 atom stereocenters. The van der Waals surface area contributed by atoms with Crippen molar-refractivity contribution in [1.82, 2.24) is 19.4 Å². The minimum Gasteiger partial charge on any atom is -0.343 e. The second-order valence-electron chi connectivity index (χ2n) is 8.67. The zero-order chi connectivity index (χ0) is 25.0. The van der Waals surface area contributed by atoms with Gasteiger partial charge in [-0.2, -0.15) is 9.40 Å².